The molecular formula is C41H81NO17Si. The lowest BCUT2D eigenvalue weighted by atomic mass is 9.80. The Morgan fingerprint density at radius 2 is 0.933 bits per heavy atom. The number of carbonyl (C=O) groups is 2. The van der Waals surface area contributed by atoms with Crippen molar-refractivity contribution in [3.05, 3.63) is 0 Å². The van der Waals surface area contributed by atoms with Crippen LogP contribution in [0.4, 0.5) is 0 Å². The highest BCUT2D eigenvalue weighted by atomic mass is 28.4. The Bertz CT molecular complexity index is 1000. The average Bonchev–Trinajstić information content (AvgIpc) is 3.21. The minimum Gasteiger partial charge on any atom is -0.463 e. The van der Waals surface area contributed by atoms with Gasteiger partial charge in [-0.25, -0.2) is 0 Å². The van der Waals surface area contributed by atoms with Gasteiger partial charge in [-0.1, -0.05) is 19.3 Å². The van der Waals surface area contributed by atoms with Gasteiger partial charge in [0.25, 0.3) is 0 Å². The number of carbonyl (C=O) groups excluding carboxylic acids is 2. The second-order valence-electron chi connectivity index (χ2n) is 15.7. The number of aliphatic hydroxyl groups excluding tert-OH is 1. The topological polar surface area (TPSA) is 187 Å². The molecule has 0 amide bonds. The van der Waals surface area contributed by atoms with Gasteiger partial charge in [-0.3, -0.25) is 14.4 Å². The van der Waals surface area contributed by atoms with Crippen LogP contribution in [0.25, 0.3) is 0 Å². The van der Waals surface area contributed by atoms with Gasteiger partial charge in [0.2, 0.25) is 0 Å². The van der Waals surface area contributed by atoms with Crippen molar-refractivity contribution in [3.63, 3.8) is 0 Å². The van der Waals surface area contributed by atoms with E-state index in [2.05, 4.69) is 0 Å². The number of piperidine rings is 1. The van der Waals surface area contributed by atoms with Gasteiger partial charge in [-0.2, -0.15) is 5.06 Å². The number of hydrogen-bond donors (Lipinski definition) is 1. The quantitative estimate of drug-likeness (QED) is 0.0407. The first-order valence-corrected chi connectivity index (χ1v) is 23.3. The van der Waals surface area contributed by atoms with Crippen LogP contribution >= 0.6 is 0 Å². The fourth-order valence-electron chi connectivity index (χ4n) is 7.01. The molecule has 1 heterocycles. The van der Waals surface area contributed by atoms with Crippen LogP contribution in [0.15, 0.2) is 0 Å². The highest BCUT2D eigenvalue weighted by Gasteiger charge is 2.47. The summed E-state index contributed by atoms with van der Waals surface area (Å²) in [5.74, 6) is -2.72. The van der Waals surface area contributed by atoms with Crippen molar-refractivity contribution >= 4 is 20.7 Å². The molecule has 0 spiro atoms. The van der Waals surface area contributed by atoms with Crippen molar-refractivity contribution in [1.82, 2.24) is 5.06 Å². The molecular weight excluding hydrogens is 807 g/mol. The highest BCUT2D eigenvalue weighted by molar-refractivity contribution is 6.60. The maximum absolute atomic E-state index is 13.7. The molecule has 356 valence electrons. The van der Waals surface area contributed by atoms with Crippen molar-refractivity contribution < 1.29 is 80.2 Å². The smallest absolute Gasteiger partial charge is 0.463 e. The molecule has 1 atom stereocenters. The standard InChI is InChI=1S/C41H81NO17Si/c1-40(2)33-35(43)34-41(3,4)42(40)59-36(14-12-10-11-13-31-60(48-7,49-8)50-9)32-37(38(44)57-29-27-55-25-23-53-21-19-51-17-15-46-5)39(45)58-30-28-56-26-24-54-22-20-52-18-16-47-6/h35-37,43H,10-34H2,1-9H3. The van der Waals surface area contributed by atoms with Gasteiger partial charge in [0.1, 0.15) is 13.2 Å². The van der Waals surface area contributed by atoms with E-state index in [0.29, 0.717) is 105 Å². The summed E-state index contributed by atoms with van der Waals surface area (Å²) in [6.45, 7) is 13.3. The van der Waals surface area contributed by atoms with E-state index in [9.17, 15) is 14.7 Å². The number of aliphatic hydroxyl groups is 1. The molecule has 1 rings (SSSR count). The van der Waals surface area contributed by atoms with Gasteiger partial charge in [0.15, 0.2) is 5.92 Å². The third kappa shape index (κ3) is 25.0. The monoisotopic (exact) mass is 888 g/mol. The molecule has 0 aromatic carbocycles. The van der Waals surface area contributed by atoms with Crippen molar-refractivity contribution in [1.29, 1.82) is 0 Å². The summed E-state index contributed by atoms with van der Waals surface area (Å²) in [4.78, 5) is 34.2. The van der Waals surface area contributed by atoms with Crippen molar-refractivity contribution in [3.8, 4) is 0 Å². The predicted molar refractivity (Wildman–Crippen MR) is 223 cm³/mol. The van der Waals surface area contributed by atoms with E-state index in [1.165, 1.54) is 0 Å². The molecule has 1 fully saturated rings. The van der Waals surface area contributed by atoms with Crippen LogP contribution in [-0.2, 0) is 75.1 Å². The number of nitrogens with zero attached hydrogens (tertiary/aromatic N) is 1. The Labute approximate surface area is 361 Å². The molecule has 60 heavy (non-hydrogen) atoms. The Balaban J connectivity index is 2.94. The summed E-state index contributed by atoms with van der Waals surface area (Å²) in [7, 11) is 5.38. The Hall–Kier alpha value is -1.40. The maximum Gasteiger partial charge on any atom is 0.500 e. The van der Waals surface area contributed by atoms with Gasteiger partial charge >= 0.3 is 20.7 Å². The van der Waals surface area contributed by atoms with Crippen molar-refractivity contribution in [2.75, 3.05) is 141 Å². The van der Waals surface area contributed by atoms with Crippen LogP contribution in [0.5, 0.6) is 0 Å². The number of ether oxygens (including phenoxy) is 10. The number of esters is 2. The van der Waals surface area contributed by atoms with Crippen LogP contribution in [0.2, 0.25) is 6.04 Å². The molecule has 1 unspecified atom stereocenters. The molecule has 0 aliphatic carbocycles. The van der Waals surface area contributed by atoms with E-state index in [0.717, 1.165) is 25.7 Å². The third-order valence-corrected chi connectivity index (χ3v) is 12.7. The lowest BCUT2D eigenvalue weighted by Crippen LogP contribution is -2.62. The third-order valence-electron chi connectivity index (χ3n) is 9.88. The van der Waals surface area contributed by atoms with Gasteiger partial charge in [0, 0.05) is 52.7 Å². The van der Waals surface area contributed by atoms with Gasteiger partial charge in [-0.15, -0.1) is 0 Å². The van der Waals surface area contributed by atoms with E-state index >= 15 is 0 Å². The molecule has 1 N–H and O–H groups in total. The largest absolute Gasteiger partial charge is 0.500 e. The molecule has 19 heteroatoms. The van der Waals surface area contributed by atoms with Gasteiger partial charge < -0.3 is 65.8 Å². The number of rotatable bonds is 40. The molecule has 0 aromatic heterocycles. The SMILES string of the molecule is COCCOCCOCCOCCOC(=O)C(CC(CCCCCC[Si](OC)(OC)OC)ON1C(C)(C)CC(O)CC1(C)C)C(=O)OCCOCCOCCOCCOC. The molecule has 0 aromatic rings. The summed E-state index contributed by atoms with van der Waals surface area (Å²) in [6.07, 6.45) is 3.95. The summed E-state index contributed by atoms with van der Waals surface area (Å²) in [5.41, 5.74) is -1.05. The van der Waals surface area contributed by atoms with Gasteiger partial charge in [-0.05, 0) is 59.8 Å². The van der Waals surface area contributed by atoms with Crippen LogP contribution in [-0.4, -0.2) is 195 Å². The minimum absolute atomic E-state index is 0.0260. The lowest BCUT2D eigenvalue weighted by Gasteiger charge is -2.53. The zero-order valence-electron chi connectivity index (χ0n) is 38.3. The van der Waals surface area contributed by atoms with Crippen LogP contribution in [0, 0.1) is 5.92 Å². The molecule has 0 bridgehead atoms. The van der Waals surface area contributed by atoms with Crippen molar-refractivity contribution in [2.24, 2.45) is 5.92 Å². The number of unbranched alkanes of at least 4 members (excludes halogenated alkanes) is 3. The first-order chi connectivity index (χ1) is 28.8. The molecule has 0 radical (unpaired) electrons. The molecule has 1 aliphatic heterocycles. The van der Waals surface area contributed by atoms with Crippen LogP contribution in [0.3, 0.4) is 0 Å². The Morgan fingerprint density at radius 1 is 0.567 bits per heavy atom. The predicted octanol–water partition coefficient (Wildman–Crippen LogP) is 3.61. The highest BCUT2D eigenvalue weighted by Crippen LogP contribution is 2.40. The molecule has 0 saturated carbocycles. The van der Waals surface area contributed by atoms with E-state index in [1.54, 1.807) is 35.5 Å². The number of hydrogen-bond acceptors (Lipinski definition) is 18. The van der Waals surface area contributed by atoms with E-state index in [-0.39, 0.29) is 32.8 Å². The summed E-state index contributed by atoms with van der Waals surface area (Å²) in [5, 5.41) is 12.6. The zero-order chi connectivity index (χ0) is 44.5. The normalized spacial score (nSPS) is 16.4. The van der Waals surface area contributed by atoms with Crippen LogP contribution < -0.4 is 0 Å². The lowest BCUT2D eigenvalue weighted by molar-refractivity contribution is -0.316. The summed E-state index contributed by atoms with van der Waals surface area (Å²) in [6, 6.07) is 0.691. The van der Waals surface area contributed by atoms with Gasteiger partial charge in [0.05, 0.1) is 105 Å². The second-order valence-corrected chi connectivity index (χ2v) is 18.8. The van der Waals surface area contributed by atoms with E-state index in [1.807, 2.05) is 32.8 Å². The zero-order valence-corrected chi connectivity index (χ0v) is 39.3. The maximum atomic E-state index is 13.7. The molecule has 1 aliphatic rings. The summed E-state index contributed by atoms with van der Waals surface area (Å²) >= 11 is 0. The van der Waals surface area contributed by atoms with Crippen molar-refractivity contribution in [2.45, 2.75) is 108 Å². The number of hydroxylamine groups is 2. The first-order valence-electron chi connectivity index (χ1n) is 21.4. The van der Waals surface area contributed by atoms with E-state index in [4.69, 9.17) is 65.5 Å². The molecule has 18 nitrogen and oxygen atoms in total. The fraction of sp³-hybridized carbons (Fsp3) is 0.951. The Morgan fingerprint density at radius 3 is 1.32 bits per heavy atom. The first kappa shape index (κ1) is 56.6. The summed E-state index contributed by atoms with van der Waals surface area (Å²) < 4.78 is 70.7. The average molecular weight is 888 g/mol. The molecule has 1 saturated heterocycles. The second kappa shape index (κ2) is 34.1. The van der Waals surface area contributed by atoms with E-state index < -0.39 is 49.9 Å². The number of methoxy groups -OCH3 is 2. The Kier molecular flexibility index (Phi) is 32.1. The fourth-order valence-corrected chi connectivity index (χ4v) is 8.80. The van der Waals surface area contributed by atoms with Crippen LogP contribution in [0.1, 0.15) is 79.1 Å². The minimum atomic E-state index is -2.67.